The standard InChI is InChI=1S/C12H13F3N2O/c1-2-5-9(16)11(18)17-10-7-4-3-6-8(10)12(13,14)15/h2-4,6-7,9H,1,5,16H2,(H,17,18). The summed E-state index contributed by atoms with van der Waals surface area (Å²) in [6.07, 6.45) is -2.90. The minimum Gasteiger partial charge on any atom is -0.324 e. The molecule has 18 heavy (non-hydrogen) atoms. The fourth-order valence-corrected chi connectivity index (χ4v) is 1.35. The molecular weight excluding hydrogens is 245 g/mol. The number of hydrogen-bond donors (Lipinski definition) is 2. The molecule has 0 bridgehead atoms. The van der Waals surface area contributed by atoms with Crippen LogP contribution < -0.4 is 11.1 Å². The van der Waals surface area contributed by atoms with Gasteiger partial charge in [-0.15, -0.1) is 6.58 Å². The Labute approximate surface area is 102 Å². The topological polar surface area (TPSA) is 55.1 Å². The van der Waals surface area contributed by atoms with Gasteiger partial charge in [0.15, 0.2) is 0 Å². The van der Waals surface area contributed by atoms with Crippen molar-refractivity contribution in [3.8, 4) is 0 Å². The number of carbonyl (C=O) groups is 1. The second-order valence-electron chi connectivity index (χ2n) is 3.66. The fourth-order valence-electron chi connectivity index (χ4n) is 1.35. The first kappa shape index (κ1) is 14.2. The largest absolute Gasteiger partial charge is 0.418 e. The molecule has 98 valence electrons. The summed E-state index contributed by atoms with van der Waals surface area (Å²) in [5.41, 5.74) is 4.27. The Kier molecular flexibility index (Phi) is 4.49. The van der Waals surface area contributed by atoms with Gasteiger partial charge < -0.3 is 11.1 Å². The van der Waals surface area contributed by atoms with E-state index in [9.17, 15) is 18.0 Å². The predicted molar refractivity (Wildman–Crippen MR) is 62.9 cm³/mol. The average molecular weight is 258 g/mol. The monoisotopic (exact) mass is 258 g/mol. The molecule has 0 aliphatic carbocycles. The molecule has 0 aliphatic rings. The van der Waals surface area contributed by atoms with Gasteiger partial charge in [0.2, 0.25) is 5.91 Å². The van der Waals surface area contributed by atoms with Crippen molar-refractivity contribution < 1.29 is 18.0 Å². The molecule has 6 heteroatoms. The Hall–Kier alpha value is -1.82. The number of halogens is 3. The van der Waals surface area contributed by atoms with E-state index in [1.54, 1.807) is 0 Å². The zero-order valence-corrected chi connectivity index (χ0v) is 9.50. The summed E-state index contributed by atoms with van der Waals surface area (Å²) in [7, 11) is 0. The van der Waals surface area contributed by atoms with Crippen molar-refractivity contribution in [2.24, 2.45) is 5.73 Å². The van der Waals surface area contributed by atoms with Crippen molar-refractivity contribution in [1.29, 1.82) is 0 Å². The van der Waals surface area contributed by atoms with Crippen LogP contribution in [0.5, 0.6) is 0 Å². The number of benzene rings is 1. The predicted octanol–water partition coefficient (Wildman–Crippen LogP) is 2.55. The molecule has 3 nitrogen and oxygen atoms in total. The highest BCUT2D eigenvalue weighted by molar-refractivity contribution is 5.95. The number of hydrogen-bond acceptors (Lipinski definition) is 2. The quantitative estimate of drug-likeness (QED) is 0.815. The van der Waals surface area contributed by atoms with Gasteiger partial charge in [-0.1, -0.05) is 18.2 Å². The maximum atomic E-state index is 12.6. The lowest BCUT2D eigenvalue weighted by molar-refractivity contribution is -0.137. The molecule has 1 unspecified atom stereocenters. The van der Waals surface area contributed by atoms with Crippen LogP contribution in [0, 0.1) is 0 Å². The third kappa shape index (κ3) is 3.59. The lowest BCUT2D eigenvalue weighted by Gasteiger charge is -2.15. The van der Waals surface area contributed by atoms with E-state index in [-0.39, 0.29) is 12.1 Å². The lowest BCUT2D eigenvalue weighted by atomic mass is 10.1. The van der Waals surface area contributed by atoms with Crippen LogP contribution in [-0.2, 0) is 11.0 Å². The highest BCUT2D eigenvalue weighted by Gasteiger charge is 2.33. The van der Waals surface area contributed by atoms with E-state index in [0.29, 0.717) is 0 Å². The zero-order valence-electron chi connectivity index (χ0n) is 9.50. The third-order valence-electron chi connectivity index (χ3n) is 2.25. The number of carbonyl (C=O) groups excluding carboxylic acids is 1. The number of para-hydroxylation sites is 1. The second kappa shape index (κ2) is 5.68. The number of nitrogens with two attached hydrogens (primary N) is 1. The number of amides is 1. The van der Waals surface area contributed by atoms with E-state index in [1.165, 1.54) is 24.3 Å². The molecule has 3 N–H and O–H groups in total. The molecule has 1 amide bonds. The smallest absolute Gasteiger partial charge is 0.324 e. The SMILES string of the molecule is C=CCC(N)C(=O)Nc1ccccc1C(F)(F)F. The maximum Gasteiger partial charge on any atom is 0.418 e. The molecule has 0 saturated heterocycles. The molecule has 1 aromatic carbocycles. The van der Waals surface area contributed by atoms with Gasteiger partial charge in [0, 0.05) is 0 Å². The van der Waals surface area contributed by atoms with Crippen molar-refractivity contribution in [3.05, 3.63) is 42.5 Å². The van der Waals surface area contributed by atoms with E-state index in [4.69, 9.17) is 5.73 Å². The molecule has 0 heterocycles. The van der Waals surface area contributed by atoms with E-state index < -0.39 is 23.7 Å². The van der Waals surface area contributed by atoms with E-state index in [0.717, 1.165) is 6.07 Å². The molecule has 0 saturated carbocycles. The van der Waals surface area contributed by atoms with Crippen LogP contribution in [0.15, 0.2) is 36.9 Å². The minimum absolute atomic E-state index is 0.194. The van der Waals surface area contributed by atoms with Gasteiger partial charge in [0.1, 0.15) is 0 Å². The first-order chi connectivity index (χ1) is 8.36. The molecule has 0 aromatic heterocycles. The summed E-state index contributed by atoms with van der Waals surface area (Å²) in [6.45, 7) is 3.41. The van der Waals surface area contributed by atoms with Gasteiger partial charge >= 0.3 is 6.18 Å². The fraction of sp³-hybridized carbons (Fsp3) is 0.250. The maximum absolute atomic E-state index is 12.6. The van der Waals surface area contributed by atoms with Gasteiger partial charge in [0.25, 0.3) is 0 Å². The summed E-state index contributed by atoms with van der Waals surface area (Å²) in [5.74, 6) is -0.674. The Morgan fingerprint density at radius 2 is 2.06 bits per heavy atom. The summed E-state index contributed by atoms with van der Waals surface area (Å²) in [4.78, 5) is 11.5. The summed E-state index contributed by atoms with van der Waals surface area (Å²) < 4.78 is 37.9. The molecule has 0 aliphatic heterocycles. The van der Waals surface area contributed by atoms with Crippen LogP contribution in [0.2, 0.25) is 0 Å². The summed E-state index contributed by atoms with van der Waals surface area (Å²) in [5, 5.41) is 2.17. The van der Waals surface area contributed by atoms with E-state index in [1.807, 2.05) is 0 Å². The van der Waals surface area contributed by atoms with Crippen LogP contribution in [0.25, 0.3) is 0 Å². The van der Waals surface area contributed by atoms with Crippen LogP contribution in [-0.4, -0.2) is 11.9 Å². The van der Waals surface area contributed by atoms with Gasteiger partial charge in [0.05, 0.1) is 17.3 Å². The van der Waals surface area contributed by atoms with Crippen molar-refractivity contribution >= 4 is 11.6 Å². The van der Waals surface area contributed by atoms with Crippen LogP contribution in [0.3, 0.4) is 0 Å². The first-order valence-corrected chi connectivity index (χ1v) is 5.20. The van der Waals surface area contributed by atoms with E-state index in [2.05, 4.69) is 11.9 Å². The number of rotatable bonds is 4. The van der Waals surface area contributed by atoms with Crippen LogP contribution in [0.1, 0.15) is 12.0 Å². The lowest BCUT2D eigenvalue weighted by Crippen LogP contribution is -2.35. The average Bonchev–Trinajstić information content (AvgIpc) is 2.28. The van der Waals surface area contributed by atoms with Gasteiger partial charge in [-0.05, 0) is 18.6 Å². The zero-order chi connectivity index (χ0) is 13.8. The third-order valence-corrected chi connectivity index (χ3v) is 2.25. The first-order valence-electron chi connectivity index (χ1n) is 5.20. The summed E-state index contributed by atoms with van der Waals surface area (Å²) >= 11 is 0. The number of anilines is 1. The molecular formula is C12H13F3N2O. The molecule has 0 spiro atoms. The molecule has 0 radical (unpaired) electrons. The van der Waals surface area contributed by atoms with Crippen molar-refractivity contribution in [1.82, 2.24) is 0 Å². The number of nitrogens with one attached hydrogen (secondary N) is 1. The minimum atomic E-state index is -4.52. The molecule has 0 fully saturated rings. The Morgan fingerprint density at radius 1 is 1.44 bits per heavy atom. The summed E-state index contributed by atoms with van der Waals surface area (Å²) in [6, 6.07) is 3.82. The van der Waals surface area contributed by atoms with Gasteiger partial charge in [-0.3, -0.25) is 4.79 Å². The molecule has 1 aromatic rings. The molecule has 1 rings (SSSR count). The Balaban J connectivity index is 2.91. The number of alkyl halides is 3. The van der Waals surface area contributed by atoms with Crippen molar-refractivity contribution in [3.63, 3.8) is 0 Å². The Morgan fingerprint density at radius 3 is 2.61 bits per heavy atom. The van der Waals surface area contributed by atoms with Gasteiger partial charge in [-0.2, -0.15) is 13.2 Å². The highest BCUT2D eigenvalue weighted by atomic mass is 19.4. The van der Waals surface area contributed by atoms with Crippen molar-refractivity contribution in [2.45, 2.75) is 18.6 Å². The van der Waals surface area contributed by atoms with Crippen molar-refractivity contribution in [2.75, 3.05) is 5.32 Å². The second-order valence-corrected chi connectivity index (χ2v) is 3.66. The van der Waals surface area contributed by atoms with Gasteiger partial charge in [-0.25, -0.2) is 0 Å². The van der Waals surface area contributed by atoms with E-state index >= 15 is 0 Å². The van der Waals surface area contributed by atoms with Crippen LogP contribution >= 0.6 is 0 Å². The Bertz CT molecular complexity index is 443. The normalized spacial score (nSPS) is 12.9. The molecule has 1 atom stereocenters. The highest BCUT2D eigenvalue weighted by Crippen LogP contribution is 2.34. The van der Waals surface area contributed by atoms with Crippen LogP contribution in [0.4, 0.5) is 18.9 Å².